The molecule has 0 saturated heterocycles. The van der Waals surface area contributed by atoms with Crippen LogP contribution >= 0.6 is 0 Å². The first-order chi connectivity index (χ1) is 7.27. The summed E-state index contributed by atoms with van der Waals surface area (Å²) in [5.74, 6) is 0.130. The lowest BCUT2D eigenvalue weighted by atomic mass is 10.1. The minimum atomic E-state index is -0.422. The summed E-state index contributed by atoms with van der Waals surface area (Å²) in [6.07, 6.45) is 7.39. The molecule has 0 aliphatic heterocycles. The summed E-state index contributed by atoms with van der Waals surface area (Å²) in [6, 6.07) is 1.95. The fourth-order valence-corrected chi connectivity index (χ4v) is 1.39. The van der Waals surface area contributed by atoms with Crippen molar-refractivity contribution in [3.63, 3.8) is 0 Å². The SMILES string of the molecule is C=CC(=O)Oc1[nH]ccc1CCCCC. The van der Waals surface area contributed by atoms with Gasteiger partial charge in [-0.1, -0.05) is 26.3 Å². The molecule has 0 atom stereocenters. The number of carbonyl (C=O) groups is 1. The van der Waals surface area contributed by atoms with Crippen molar-refractivity contribution in [3.8, 4) is 5.88 Å². The van der Waals surface area contributed by atoms with Crippen molar-refractivity contribution in [1.29, 1.82) is 0 Å². The summed E-state index contributed by atoms with van der Waals surface area (Å²) in [4.78, 5) is 13.9. The number of aromatic nitrogens is 1. The van der Waals surface area contributed by atoms with Crippen molar-refractivity contribution in [3.05, 3.63) is 30.5 Å². The minimum absolute atomic E-state index is 0.422. The van der Waals surface area contributed by atoms with Gasteiger partial charge in [0.1, 0.15) is 0 Å². The fraction of sp³-hybridized carbons (Fsp3) is 0.417. The monoisotopic (exact) mass is 207 g/mol. The van der Waals surface area contributed by atoms with Crippen LogP contribution in [0.1, 0.15) is 31.7 Å². The van der Waals surface area contributed by atoms with Crippen molar-refractivity contribution in [2.24, 2.45) is 0 Å². The number of unbranched alkanes of at least 4 members (excludes halogenated alkanes) is 2. The minimum Gasteiger partial charge on any atom is -0.406 e. The number of aromatic amines is 1. The standard InChI is InChI=1S/C12H17NO2/c1-3-5-6-7-10-8-9-13-12(10)15-11(14)4-2/h4,8-9,13H,2-3,5-7H2,1H3. The summed E-state index contributed by atoms with van der Waals surface area (Å²) in [6.45, 7) is 5.52. The summed E-state index contributed by atoms with van der Waals surface area (Å²) < 4.78 is 5.05. The highest BCUT2D eigenvalue weighted by atomic mass is 16.5. The molecule has 1 aromatic rings. The van der Waals surface area contributed by atoms with Crippen LogP contribution in [0.4, 0.5) is 0 Å². The van der Waals surface area contributed by atoms with Gasteiger partial charge in [0.25, 0.3) is 0 Å². The van der Waals surface area contributed by atoms with E-state index in [9.17, 15) is 4.79 Å². The highest BCUT2D eigenvalue weighted by Crippen LogP contribution is 2.18. The van der Waals surface area contributed by atoms with Gasteiger partial charge in [-0.15, -0.1) is 0 Å². The molecule has 1 heterocycles. The molecule has 0 fully saturated rings. The van der Waals surface area contributed by atoms with Crippen LogP contribution in [0, 0.1) is 0 Å². The zero-order valence-corrected chi connectivity index (χ0v) is 9.08. The average molecular weight is 207 g/mol. The zero-order valence-electron chi connectivity index (χ0n) is 9.08. The molecule has 0 aliphatic rings. The van der Waals surface area contributed by atoms with Gasteiger partial charge in [0.15, 0.2) is 0 Å². The van der Waals surface area contributed by atoms with E-state index in [2.05, 4.69) is 18.5 Å². The number of ether oxygens (including phenoxy) is 1. The Morgan fingerprint density at radius 3 is 3.07 bits per heavy atom. The number of H-pyrrole nitrogens is 1. The van der Waals surface area contributed by atoms with Gasteiger partial charge in [-0.2, -0.15) is 0 Å². The Morgan fingerprint density at radius 2 is 2.40 bits per heavy atom. The van der Waals surface area contributed by atoms with Gasteiger partial charge in [0.2, 0.25) is 5.88 Å². The molecule has 1 rings (SSSR count). The smallest absolute Gasteiger partial charge is 0.336 e. The molecule has 0 saturated carbocycles. The quantitative estimate of drug-likeness (QED) is 0.443. The van der Waals surface area contributed by atoms with E-state index in [0.29, 0.717) is 5.88 Å². The van der Waals surface area contributed by atoms with Crippen molar-refractivity contribution in [1.82, 2.24) is 4.98 Å². The Morgan fingerprint density at radius 1 is 1.60 bits per heavy atom. The zero-order chi connectivity index (χ0) is 11.1. The first kappa shape index (κ1) is 11.6. The molecule has 3 heteroatoms. The second-order valence-electron chi connectivity index (χ2n) is 3.41. The van der Waals surface area contributed by atoms with Crippen LogP contribution in [-0.4, -0.2) is 11.0 Å². The van der Waals surface area contributed by atoms with E-state index >= 15 is 0 Å². The molecule has 1 N–H and O–H groups in total. The van der Waals surface area contributed by atoms with Gasteiger partial charge in [-0.05, 0) is 18.9 Å². The van der Waals surface area contributed by atoms with Crippen LogP contribution < -0.4 is 4.74 Å². The third-order valence-corrected chi connectivity index (χ3v) is 2.21. The van der Waals surface area contributed by atoms with Crippen LogP contribution in [0.15, 0.2) is 24.9 Å². The average Bonchev–Trinajstić information content (AvgIpc) is 2.66. The fourth-order valence-electron chi connectivity index (χ4n) is 1.39. The van der Waals surface area contributed by atoms with Crippen LogP contribution in [-0.2, 0) is 11.2 Å². The number of rotatable bonds is 6. The van der Waals surface area contributed by atoms with Gasteiger partial charge in [0, 0.05) is 17.8 Å². The summed E-state index contributed by atoms with van der Waals surface area (Å²) in [5, 5.41) is 0. The van der Waals surface area contributed by atoms with Crippen LogP contribution in [0.2, 0.25) is 0 Å². The van der Waals surface area contributed by atoms with E-state index in [0.717, 1.165) is 24.5 Å². The lowest BCUT2D eigenvalue weighted by Crippen LogP contribution is -2.05. The number of esters is 1. The molecule has 0 spiro atoms. The maximum absolute atomic E-state index is 11.0. The molecule has 0 bridgehead atoms. The molecular weight excluding hydrogens is 190 g/mol. The molecule has 0 aromatic carbocycles. The Kier molecular flexibility index (Phi) is 4.68. The summed E-state index contributed by atoms with van der Waals surface area (Å²) in [7, 11) is 0. The number of hydrogen-bond donors (Lipinski definition) is 1. The topological polar surface area (TPSA) is 42.1 Å². The Balaban J connectivity index is 2.53. The van der Waals surface area contributed by atoms with Crippen LogP contribution in [0.25, 0.3) is 0 Å². The molecule has 0 amide bonds. The molecule has 0 unspecified atom stereocenters. The van der Waals surface area contributed by atoms with E-state index in [-0.39, 0.29) is 0 Å². The molecule has 1 aromatic heterocycles. The third-order valence-electron chi connectivity index (χ3n) is 2.21. The lowest BCUT2D eigenvalue weighted by Gasteiger charge is -2.02. The Labute approximate surface area is 90.1 Å². The van der Waals surface area contributed by atoms with E-state index in [1.807, 2.05) is 6.07 Å². The molecule has 0 radical (unpaired) electrons. The van der Waals surface area contributed by atoms with E-state index in [4.69, 9.17) is 4.74 Å². The molecule has 3 nitrogen and oxygen atoms in total. The first-order valence-electron chi connectivity index (χ1n) is 5.28. The highest BCUT2D eigenvalue weighted by Gasteiger charge is 2.07. The van der Waals surface area contributed by atoms with Crippen molar-refractivity contribution < 1.29 is 9.53 Å². The second kappa shape index (κ2) is 6.06. The summed E-state index contributed by atoms with van der Waals surface area (Å²) in [5.41, 5.74) is 1.05. The van der Waals surface area contributed by atoms with Gasteiger partial charge >= 0.3 is 5.97 Å². The van der Waals surface area contributed by atoms with Gasteiger partial charge in [0.05, 0.1) is 0 Å². The maximum Gasteiger partial charge on any atom is 0.336 e. The van der Waals surface area contributed by atoms with Gasteiger partial charge in [-0.3, -0.25) is 0 Å². The largest absolute Gasteiger partial charge is 0.406 e. The number of nitrogens with one attached hydrogen (secondary N) is 1. The van der Waals surface area contributed by atoms with Crippen molar-refractivity contribution in [2.45, 2.75) is 32.6 Å². The van der Waals surface area contributed by atoms with E-state index in [1.165, 1.54) is 12.8 Å². The molecule has 15 heavy (non-hydrogen) atoms. The first-order valence-corrected chi connectivity index (χ1v) is 5.28. The van der Waals surface area contributed by atoms with E-state index in [1.54, 1.807) is 6.20 Å². The molecule has 0 aliphatic carbocycles. The van der Waals surface area contributed by atoms with Gasteiger partial charge < -0.3 is 9.72 Å². The third kappa shape index (κ3) is 3.62. The number of carbonyl (C=O) groups excluding carboxylic acids is 1. The highest BCUT2D eigenvalue weighted by molar-refractivity contribution is 5.83. The van der Waals surface area contributed by atoms with Crippen molar-refractivity contribution in [2.75, 3.05) is 0 Å². The normalized spacial score (nSPS) is 9.93. The van der Waals surface area contributed by atoms with Crippen LogP contribution in [0.3, 0.4) is 0 Å². The Bertz CT molecular complexity index is 328. The van der Waals surface area contributed by atoms with Crippen LogP contribution in [0.5, 0.6) is 5.88 Å². The molecule has 82 valence electrons. The predicted molar refractivity (Wildman–Crippen MR) is 59.9 cm³/mol. The maximum atomic E-state index is 11.0. The molecular formula is C12H17NO2. The lowest BCUT2D eigenvalue weighted by molar-refractivity contribution is -0.129. The Hall–Kier alpha value is -1.51. The van der Waals surface area contributed by atoms with E-state index < -0.39 is 5.97 Å². The van der Waals surface area contributed by atoms with Crippen molar-refractivity contribution >= 4 is 5.97 Å². The number of hydrogen-bond acceptors (Lipinski definition) is 2. The summed E-state index contributed by atoms with van der Waals surface area (Å²) >= 11 is 0. The number of aryl methyl sites for hydroxylation is 1. The van der Waals surface area contributed by atoms with Gasteiger partial charge in [-0.25, -0.2) is 4.79 Å². The second-order valence-corrected chi connectivity index (χ2v) is 3.41. The predicted octanol–water partition coefficient (Wildman–Crippen LogP) is 2.84.